The van der Waals surface area contributed by atoms with E-state index in [1.165, 1.54) is 12.8 Å². The average molecular weight is 382 g/mol. The molecule has 1 atom stereocenters. The van der Waals surface area contributed by atoms with Crippen molar-refractivity contribution in [3.8, 4) is 11.4 Å². The van der Waals surface area contributed by atoms with Crippen molar-refractivity contribution < 1.29 is 14.7 Å². The molecule has 1 aromatic carbocycles. The third kappa shape index (κ3) is 3.80. The van der Waals surface area contributed by atoms with Crippen LogP contribution in [-0.4, -0.2) is 50.5 Å². The Bertz CT molecular complexity index is 868. The lowest BCUT2D eigenvalue weighted by molar-refractivity contribution is -0.127. The van der Waals surface area contributed by atoms with Crippen LogP contribution in [0.4, 0.5) is 0 Å². The molecule has 1 aliphatic carbocycles. The summed E-state index contributed by atoms with van der Waals surface area (Å²) in [6, 6.07) is 6.87. The van der Waals surface area contributed by atoms with Gasteiger partial charge in [-0.2, -0.15) is 0 Å². The van der Waals surface area contributed by atoms with E-state index in [0.29, 0.717) is 12.6 Å². The quantitative estimate of drug-likeness (QED) is 0.738. The highest BCUT2D eigenvalue weighted by molar-refractivity contribution is 5.88. The van der Waals surface area contributed by atoms with E-state index >= 15 is 0 Å². The molecule has 1 amide bonds. The number of carboxylic acids is 1. The molecule has 1 aliphatic heterocycles. The van der Waals surface area contributed by atoms with Crippen molar-refractivity contribution in [1.29, 1.82) is 0 Å². The minimum atomic E-state index is -0.939. The number of carboxylic acid groups (broad SMARTS) is 1. The molecule has 1 fully saturated rings. The number of imidazole rings is 1. The monoisotopic (exact) mass is 382 g/mol. The fourth-order valence-corrected chi connectivity index (χ4v) is 4.11. The number of aromatic amines is 1. The lowest BCUT2D eigenvalue weighted by Crippen LogP contribution is -2.49. The lowest BCUT2D eigenvalue weighted by atomic mass is 10.1. The normalized spacial score (nSPS) is 18.6. The Balaban J connectivity index is 1.43. The highest BCUT2D eigenvalue weighted by atomic mass is 16.4. The number of rotatable bonds is 5. The number of nitrogens with one attached hydrogen (secondary N) is 2. The molecular formula is C21H26N4O3. The second kappa shape index (κ2) is 7.75. The molecule has 1 aromatic heterocycles. The Hall–Kier alpha value is -2.67. The zero-order valence-corrected chi connectivity index (χ0v) is 16.1. The van der Waals surface area contributed by atoms with Gasteiger partial charge in [0, 0.05) is 31.1 Å². The minimum Gasteiger partial charge on any atom is -0.478 e. The van der Waals surface area contributed by atoms with Crippen LogP contribution in [-0.2, 0) is 17.8 Å². The fourth-order valence-electron chi connectivity index (χ4n) is 4.11. The van der Waals surface area contributed by atoms with Gasteiger partial charge >= 0.3 is 5.97 Å². The smallest absolute Gasteiger partial charge is 0.335 e. The predicted octanol–water partition coefficient (Wildman–Crippen LogP) is 2.58. The number of hydrogen-bond acceptors (Lipinski definition) is 4. The minimum absolute atomic E-state index is 0.111. The molecule has 0 saturated heterocycles. The highest BCUT2D eigenvalue weighted by Crippen LogP contribution is 2.24. The molecule has 4 rings (SSSR count). The van der Waals surface area contributed by atoms with E-state index in [-0.39, 0.29) is 17.5 Å². The van der Waals surface area contributed by atoms with Gasteiger partial charge in [0.2, 0.25) is 5.91 Å². The number of amides is 1. The SMILES string of the molecule is C[C@H](C(=O)NC1CCCC1)N1CCc2nc(-c3ccc(C(=O)O)cc3)[nH]c2C1. The maximum Gasteiger partial charge on any atom is 0.335 e. The first-order chi connectivity index (χ1) is 13.5. The summed E-state index contributed by atoms with van der Waals surface area (Å²) in [5, 5.41) is 12.2. The number of fused-ring (bicyclic) bond motifs is 1. The maximum atomic E-state index is 12.6. The molecule has 2 heterocycles. The largest absolute Gasteiger partial charge is 0.478 e. The second-order valence-electron chi connectivity index (χ2n) is 7.78. The van der Waals surface area contributed by atoms with Crippen LogP contribution in [0.3, 0.4) is 0 Å². The van der Waals surface area contributed by atoms with Crippen LogP contribution in [0.25, 0.3) is 11.4 Å². The summed E-state index contributed by atoms with van der Waals surface area (Å²) in [7, 11) is 0. The molecule has 0 radical (unpaired) electrons. The van der Waals surface area contributed by atoms with Crippen LogP contribution in [0.15, 0.2) is 24.3 Å². The Morgan fingerprint density at radius 1 is 1.25 bits per heavy atom. The number of benzene rings is 1. The standard InChI is InChI=1S/C21H26N4O3/c1-13(20(26)22-16-4-2-3-5-16)25-11-10-17-18(12-25)24-19(23-17)14-6-8-15(9-7-14)21(27)28/h6-9,13,16H,2-5,10-12H2,1H3,(H,22,26)(H,23,24)(H,27,28)/t13-/m1/s1. The van der Waals surface area contributed by atoms with Gasteiger partial charge in [-0.05, 0) is 31.9 Å². The third-order valence-corrected chi connectivity index (χ3v) is 5.90. The Morgan fingerprint density at radius 3 is 2.64 bits per heavy atom. The van der Waals surface area contributed by atoms with Gasteiger partial charge in [-0.25, -0.2) is 9.78 Å². The van der Waals surface area contributed by atoms with Gasteiger partial charge in [0.05, 0.1) is 23.0 Å². The molecule has 148 valence electrons. The summed E-state index contributed by atoms with van der Waals surface area (Å²) in [4.78, 5) is 33.8. The number of aromatic carboxylic acids is 1. The highest BCUT2D eigenvalue weighted by Gasteiger charge is 2.29. The Morgan fingerprint density at radius 2 is 1.96 bits per heavy atom. The van der Waals surface area contributed by atoms with E-state index in [1.807, 2.05) is 6.92 Å². The van der Waals surface area contributed by atoms with Crippen molar-refractivity contribution in [3.63, 3.8) is 0 Å². The number of hydrogen-bond donors (Lipinski definition) is 3. The number of H-pyrrole nitrogens is 1. The van der Waals surface area contributed by atoms with Gasteiger partial charge in [0.15, 0.2) is 0 Å². The summed E-state index contributed by atoms with van der Waals surface area (Å²) in [6.07, 6.45) is 5.38. The molecule has 2 aliphatic rings. The number of aromatic nitrogens is 2. The van der Waals surface area contributed by atoms with Crippen LogP contribution in [0.5, 0.6) is 0 Å². The molecule has 0 spiro atoms. The van der Waals surface area contributed by atoms with E-state index in [0.717, 1.165) is 48.6 Å². The maximum absolute atomic E-state index is 12.6. The first kappa shape index (κ1) is 18.7. The van der Waals surface area contributed by atoms with E-state index in [2.05, 4.69) is 20.2 Å². The van der Waals surface area contributed by atoms with E-state index < -0.39 is 5.97 Å². The molecular weight excluding hydrogens is 356 g/mol. The summed E-state index contributed by atoms with van der Waals surface area (Å²) in [5.41, 5.74) is 3.17. The van der Waals surface area contributed by atoms with Crippen molar-refractivity contribution in [2.24, 2.45) is 0 Å². The van der Waals surface area contributed by atoms with E-state index in [4.69, 9.17) is 5.11 Å². The zero-order valence-electron chi connectivity index (χ0n) is 16.1. The topological polar surface area (TPSA) is 98.3 Å². The van der Waals surface area contributed by atoms with Gasteiger partial charge in [-0.1, -0.05) is 25.0 Å². The summed E-state index contributed by atoms with van der Waals surface area (Å²) < 4.78 is 0. The van der Waals surface area contributed by atoms with Crippen LogP contribution < -0.4 is 5.32 Å². The fraction of sp³-hybridized carbons (Fsp3) is 0.476. The molecule has 28 heavy (non-hydrogen) atoms. The van der Waals surface area contributed by atoms with Gasteiger partial charge in [-0.15, -0.1) is 0 Å². The van der Waals surface area contributed by atoms with Crippen LogP contribution in [0.1, 0.15) is 54.4 Å². The summed E-state index contributed by atoms with van der Waals surface area (Å²) in [5.74, 6) is -0.0861. The first-order valence-electron chi connectivity index (χ1n) is 9.97. The predicted molar refractivity (Wildman–Crippen MR) is 105 cm³/mol. The molecule has 0 unspecified atom stereocenters. The van der Waals surface area contributed by atoms with Gasteiger partial charge in [-0.3, -0.25) is 9.69 Å². The third-order valence-electron chi connectivity index (χ3n) is 5.90. The van der Waals surface area contributed by atoms with Gasteiger partial charge < -0.3 is 15.4 Å². The lowest BCUT2D eigenvalue weighted by Gasteiger charge is -2.31. The summed E-state index contributed by atoms with van der Waals surface area (Å²) in [6.45, 7) is 3.43. The van der Waals surface area contributed by atoms with Crippen molar-refractivity contribution in [2.45, 2.75) is 57.7 Å². The molecule has 0 bridgehead atoms. The van der Waals surface area contributed by atoms with Gasteiger partial charge in [0.25, 0.3) is 0 Å². The number of carbonyl (C=O) groups is 2. The van der Waals surface area contributed by atoms with Gasteiger partial charge in [0.1, 0.15) is 5.82 Å². The van der Waals surface area contributed by atoms with Crippen LogP contribution in [0, 0.1) is 0 Å². The summed E-state index contributed by atoms with van der Waals surface area (Å²) >= 11 is 0. The molecule has 3 N–H and O–H groups in total. The van der Waals surface area contributed by atoms with Crippen LogP contribution in [0.2, 0.25) is 0 Å². The average Bonchev–Trinajstić information content (AvgIpc) is 3.36. The van der Waals surface area contributed by atoms with E-state index in [1.54, 1.807) is 24.3 Å². The van der Waals surface area contributed by atoms with Crippen molar-refractivity contribution in [3.05, 3.63) is 41.2 Å². The Labute approximate surface area is 164 Å². The first-order valence-corrected chi connectivity index (χ1v) is 9.97. The zero-order chi connectivity index (χ0) is 19.7. The molecule has 7 nitrogen and oxygen atoms in total. The van der Waals surface area contributed by atoms with Crippen molar-refractivity contribution in [2.75, 3.05) is 6.54 Å². The second-order valence-corrected chi connectivity index (χ2v) is 7.78. The molecule has 7 heteroatoms. The number of carbonyl (C=O) groups excluding carboxylic acids is 1. The molecule has 1 saturated carbocycles. The van der Waals surface area contributed by atoms with Crippen molar-refractivity contribution >= 4 is 11.9 Å². The number of nitrogens with zero attached hydrogens (tertiary/aromatic N) is 2. The Kier molecular flexibility index (Phi) is 5.17. The van der Waals surface area contributed by atoms with E-state index in [9.17, 15) is 9.59 Å². The van der Waals surface area contributed by atoms with Crippen LogP contribution >= 0.6 is 0 Å². The molecule has 2 aromatic rings. The van der Waals surface area contributed by atoms with Crippen molar-refractivity contribution in [1.82, 2.24) is 20.2 Å².